The first-order valence-corrected chi connectivity index (χ1v) is 10.2. The molecular weight excluding hydrogens is 492 g/mol. The normalized spacial score (nSPS) is 20.5. The van der Waals surface area contributed by atoms with Crippen molar-refractivity contribution >= 4 is 63.7 Å². The Morgan fingerprint density at radius 2 is 1.86 bits per heavy atom. The van der Waals surface area contributed by atoms with Crippen molar-refractivity contribution < 1.29 is 13.5 Å². The number of piperidine rings is 1. The summed E-state index contributed by atoms with van der Waals surface area (Å²) in [7, 11) is -3.71. The van der Waals surface area contributed by atoms with Gasteiger partial charge in [-0.25, -0.2) is 0 Å². The molecule has 1 heterocycles. The zero-order chi connectivity index (χ0) is 15.6. The standard InChI is InChI=1S/C12H15Br3N2O3S/c13-8-5-10(14)12(11(15)6-8)16-21(19,20)17-4-2-1-3-9(17)7-18/h5-6,9,16,18H,1-4,7H2. The van der Waals surface area contributed by atoms with Gasteiger partial charge in [0, 0.05) is 26.0 Å². The lowest BCUT2D eigenvalue weighted by Crippen LogP contribution is -2.48. The van der Waals surface area contributed by atoms with E-state index in [4.69, 9.17) is 0 Å². The molecule has 2 N–H and O–H groups in total. The number of halogens is 3. The number of benzene rings is 1. The minimum Gasteiger partial charge on any atom is -0.395 e. The number of rotatable bonds is 4. The van der Waals surface area contributed by atoms with Crippen LogP contribution in [0.15, 0.2) is 25.6 Å². The Morgan fingerprint density at radius 3 is 2.43 bits per heavy atom. The molecule has 0 bridgehead atoms. The van der Waals surface area contributed by atoms with Gasteiger partial charge in [0.15, 0.2) is 0 Å². The van der Waals surface area contributed by atoms with Crippen molar-refractivity contribution in [2.75, 3.05) is 17.9 Å². The van der Waals surface area contributed by atoms with E-state index < -0.39 is 10.2 Å². The molecule has 21 heavy (non-hydrogen) atoms. The second kappa shape index (κ2) is 7.27. The molecule has 0 amide bonds. The average Bonchev–Trinajstić information content (AvgIpc) is 2.43. The molecule has 1 unspecified atom stereocenters. The van der Waals surface area contributed by atoms with Crippen LogP contribution < -0.4 is 4.72 Å². The first kappa shape index (κ1) is 17.7. The fourth-order valence-electron chi connectivity index (χ4n) is 2.30. The maximum Gasteiger partial charge on any atom is 0.302 e. The van der Waals surface area contributed by atoms with E-state index in [1.54, 1.807) is 12.1 Å². The van der Waals surface area contributed by atoms with Crippen LogP contribution in [-0.4, -0.2) is 37.0 Å². The van der Waals surface area contributed by atoms with Crippen LogP contribution in [0.2, 0.25) is 0 Å². The number of nitrogens with zero attached hydrogens (tertiary/aromatic N) is 1. The molecule has 1 saturated heterocycles. The SMILES string of the molecule is O=S(=O)(Nc1c(Br)cc(Br)cc1Br)N1CCCCC1CO. The summed E-state index contributed by atoms with van der Waals surface area (Å²) in [4.78, 5) is 0. The fourth-order valence-corrected chi connectivity index (χ4v) is 6.55. The second-order valence-corrected chi connectivity index (χ2v) is 9.04. The van der Waals surface area contributed by atoms with E-state index in [2.05, 4.69) is 52.5 Å². The Kier molecular flexibility index (Phi) is 6.12. The van der Waals surface area contributed by atoms with Gasteiger partial charge in [0.25, 0.3) is 0 Å². The molecule has 1 aromatic carbocycles. The molecule has 1 fully saturated rings. The Morgan fingerprint density at radius 1 is 1.24 bits per heavy atom. The van der Waals surface area contributed by atoms with Gasteiger partial charge in [0.2, 0.25) is 0 Å². The van der Waals surface area contributed by atoms with Gasteiger partial charge in [-0.3, -0.25) is 4.72 Å². The van der Waals surface area contributed by atoms with Gasteiger partial charge in [-0.2, -0.15) is 12.7 Å². The van der Waals surface area contributed by atoms with Crippen LogP contribution in [0.5, 0.6) is 0 Å². The van der Waals surface area contributed by atoms with Gasteiger partial charge in [-0.15, -0.1) is 0 Å². The van der Waals surface area contributed by atoms with Gasteiger partial charge in [-0.05, 0) is 56.8 Å². The van der Waals surface area contributed by atoms with E-state index in [9.17, 15) is 13.5 Å². The average molecular weight is 507 g/mol. The minimum absolute atomic E-state index is 0.163. The summed E-state index contributed by atoms with van der Waals surface area (Å²) >= 11 is 10.0. The third-order valence-electron chi connectivity index (χ3n) is 3.33. The molecule has 1 aliphatic rings. The molecular formula is C12H15Br3N2O3S. The highest BCUT2D eigenvalue weighted by molar-refractivity contribution is 9.11. The maximum absolute atomic E-state index is 12.6. The monoisotopic (exact) mass is 504 g/mol. The Hall–Kier alpha value is 0.330. The largest absolute Gasteiger partial charge is 0.395 e. The van der Waals surface area contributed by atoms with Crippen LogP contribution in [0.3, 0.4) is 0 Å². The summed E-state index contributed by atoms with van der Waals surface area (Å²) in [5, 5.41) is 9.38. The highest BCUT2D eigenvalue weighted by Gasteiger charge is 2.32. The topological polar surface area (TPSA) is 69.6 Å². The smallest absolute Gasteiger partial charge is 0.302 e. The molecule has 1 aromatic rings. The molecule has 0 radical (unpaired) electrons. The van der Waals surface area contributed by atoms with Crippen LogP contribution in [0.25, 0.3) is 0 Å². The van der Waals surface area contributed by atoms with Gasteiger partial charge >= 0.3 is 10.2 Å². The molecule has 118 valence electrons. The highest BCUT2D eigenvalue weighted by atomic mass is 79.9. The number of nitrogens with one attached hydrogen (secondary N) is 1. The molecule has 2 rings (SSSR count). The fraction of sp³-hybridized carbons (Fsp3) is 0.500. The molecule has 0 saturated carbocycles. The maximum atomic E-state index is 12.6. The lowest BCUT2D eigenvalue weighted by Gasteiger charge is -2.33. The van der Waals surface area contributed by atoms with E-state index in [0.717, 1.165) is 17.3 Å². The van der Waals surface area contributed by atoms with Crippen molar-refractivity contribution in [1.82, 2.24) is 4.31 Å². The zero-order valence-corrected chi connectivity index (χ0v) is 16.6. The predicted molar refractivity (Wildman–Crippen MR) is 93.5 cm³/mol. The molecule has 0 aliphatic carbocycles. The van der Waals surface area contributed by atoms with Crippen molar-refractivity contribution in [2.45, 2.75) is 25.3 Å². The highest BCUT2D eigenvalue weighted by Crippen LogP contribution is 2.35. The van der Waals surface area contributed by atoms with Gasteiger partial charge in [0.05, 0.1) is 12.3 Å². The lowest BCUT2D eigenvalue weighted by molar-refractivity contribution is 0.156. The predicted octanol–water partition coefficient (Wildman–Crippen LogP) is 3.48. The lowest BCUT2D eigenvalue weighted by atomic mass is 10.1. The second-order valence-electron chi connectivity index (χ2n) is 4.79. The summed E-state index contributed by atoms with van der Waals surface area (Å²) in [6.45, 7) is 0.260. The van der Waals surface area contributed by atoms with Crippen LogP contribution >= 0.6 is 47.8 Å². The third kappa shape index (κ3) is 4.20. The first-order valence-electron chi connectivity index (χ1n) is 6.40. The zero-order valence-electron chi connectivity index (χ0n) is 11.0. The molecule has 9 heteroatoms. The summed E-state index contributed by atoms with van der Waals surface area (Å²) < 4.78 is 31.1. The van der Waals surface area contributed by atoms with Crippen LogP contribution in [0.1, 0.15) is 19.3 Å². The van der Waals surface area contributed by atoms with Gasteiger partial charge in [-0.1, -0.05) is 22.4 Å². The molecule has 1 atom stereocenters. The van der Waals surface area contributed by atoms with Crippen LogP contribution in [0.4, 0.5) is 5.69 Å². The van der Waals surface area contributed by atoms with E-state index in [1.165, 1.54) is 4.31 Å². The van der Waals surface area contributed by atoms with Crippen LogP contribution in [0, 0.1) is 0 Å². The van der Waals surface area contributed by atoms with E-state index in [-0.39, 0.29) is 12.6 Å². The van der Waals surface area contributed by atoms with E-state index in [1.807, 2.05) is 0 Å². The quantitative estimate of drug-likeness (QED) is 0.657. The van der Waals surface area contributed by atoms with Crippen molar-refractivity contribution in [3.63, 3.8) is 0 Å². The Balaban J connectivity index is 2.29. The van der Waals surface area contributed by atoms with Crippen molar-refractivity contribution in [2.24, 2.45) is 0 Å². The molecule has 5 nitrogen and oxygen atoms in total. The molecule has 0 aromatic heterocycles. The Bertz CT molecular complexity index is 601. The summed E-state index contributed by atoms with van der Waals surface area (Å²) in [5.41, 5.74) is 0.445. The summed E-state index contributed by atoms with van der Waals surface area (Å²) in [6.07, 6.45) is 2.42. The summed E-state index contributed by atoms with van der Waals surface area (Å²) in [5.74, 6) is 0. The van der Waals surface area contributed by atoms with Crippen molar-refractivity contribution in [3.8, 4) is 0 Å². The number of hydrogen-bond donors (Lipinski definition) is 2. The number of aliphatic hydroxyl groups excluding tert-OH is 1. The summed E-state index contributed by atoms with van der Waals surface area (Å²) in [6, 6.07) is 3.18. The van der Waals surface area contributed by atoms with Crippen molar-refractivity contribution in [3.05, 3.63) is 25.6 Å². The van der Waals surface area contributed by atoms with Crippen LogP contribution in [-0.2, 0) is 10.2 Å². The number of aliphatic hydroxyl groups is 1. The van der Waals surface area contributed by atoms with Gasteiger partial charge in [0.1, 0.15) is 0 Å². The number of hydrogen-bond acceptors (Lipinski definition) is 3. The van der Waals surface area contributed by atoms with Crippen molar-refractivity contribution in [1.29, 1.82) is 0 Å². The third-order valence-corrected chi connectivity index (χ3v) is 6.60. The minimum atomic E-state index is -3.71. The first-order chi connectivity index (χ1) is 9.85. The molecule has 0 spiro atoms. The van der Waals surface area contributed by atoms with E-state index >= 15 is 0 Å². The van der Waals surface area contributed by atoms with Gasteiger partial charge < -0.3 is 5.11 Å². The molecule has 1 aliphatic heterocycles. The number of anilines is 1. The Labute approximate surface area is 149 Å². The van der Waals surface area contributed by atoms with E-state index in [0.29, 0.717) is 27.6 Å².